The maximum atomic E-state index is 12.1. The number of likely N-dealkylation sites (N-methyl/N-ethyl adjacent to an activating group) is 1. The molecule has 1 aromatic heterocycles. The molecule has 0 saturated heterocycles. The number of hydrogen-bond donors (Lipinski definition) is 1. The molecule has 1 aliphatic rings. The number of nitrogens with zero attached hydrogens (tertiary/aromatic N) is 4. The first-order chi connectivity index (χ1) is 8.72. The third kappa shape index (κ3) is 3.07. The fourth-order valence-electron chi connectivity index (χ4n) is 2.14. The van der Waals surface area contributed by atoms with Crippen molar-refractivity contribution in [2.45, 2.75) is 39.3 Å². The summed E-state index contributed by atoms with van der Waals surface area (Å²) in [5.74, 6) is 0.808. The van der Waals surface area contributed by atoms with Gasteiger partial charge in [0.15, 0.2) is 0 Å². The van der Waals surface area contributed by atoms with E-state index in [4.69, 9.17) is 5.73 Å². The van der Waals surface area contributed by atoms with Crippen LogP contribution < -0.4 is 5.73 Å². The van der Waals surface area contributed by atoms with E-state index < -0.39 is 0 Å². The van der Waals surface area contributed by atoms with Crippen molar-refractivity contribution < 1.29 is 4.79 Å². The fraction of sp³-hybridized carbons (Fsp3) is 0.750. The normalized spacial score (nSPS) is 15.4. The summed E-state index contributed by atoms with van der Waals surface area (Å²) in [6, 6.07) is 0. The number of aromatic nitrogens is 3. The summed E-state index contributed by atoms with van der Waals surface area (Å²) in [5, 5.41) is 7.77. The fourth-order valence-corrected chi connectivity index (χ4v) is 2.14. The van der Waals surface area contributed by atoms with E-state index in [2.05, 4.69) is 10.3 Å². The van der Waals surface area contributed by atoms with Crippen LogP contribution in [0.3, 0.4) is 0 Å². The maximum absolute atomic E-state index is 12.1. The van der Waals surface area contributed by atoms with Crippen molar-refractivity contribution in [2.24, 2.45) is 11.7 Å². The third-order valence-electron chi connectivity index (χ3n) is 3.53. The van der Waals surface area contributed by atoms with Crippen molar-refractivity contribution in [3.05, 3.63) is 11.9 Å². The molecule has 2 N–H and O–H groups in total. The van der Waals surface area contributed by atoms with E-state index in [1.165, 1.54) is 19.3 Å². The molecular weight excluding hydrogens is 230 g/mol. The van der Waals surface area contributed by atoms with Gasteiger partial charge in [0.25, 0.3) is 0 Å². The van der Waals surface area contributed by atoms with Gasteiger partial charge in [0, 0.05) is 19.6 Å². The molecule has 0 radical (unpaired) electrons. The Labute approximate surface area is 107 Å². The van der Waals surface area contributed by atoms with Crippen LogP contribution in [0.1, 0.15) is 31.9 Å². The highest BCUT2D eigenvalue weighted by Crippen LogP contribution is 2.27. The molecule has 1 aromatic rings. The zero-order valence-corrected chi connectivity index (χ0v) is 10.9. The van der Waals surface area contributed by atoms with E-state index in [-0.39, 0.29) is 12.5 Å². The Morgan fingerprint density at radius 1 is 1.61 bits per heavy atom. The van der Waals surface area contributed by atoms with Gasteiger partial charge in [0.1, 0.15) is 6.54 Å². The zero-order valence-electron chi connectivity index (χ0n) is 10.9. The Morgan fingerprint density at radius 3 is 2.89 bits per heavy atom. The minimum Gasteiger partial charge on any atom is -0.341 e. The Balaban J connectivity index is 1.87. The Morgan fingerprint density at radius 2 is 2.39 bits per heavy atom. The second-order valence-electron chi connectivity index (χ2n) is 4.84. The summed E-state index contributed by atoms with van der Waals surface area (Å²) in [5.41, 5.74) is 6.17. The van der Waals surface area contributed by atoms with Crippen molar-refractivity contribution in [2.75, 3.05) is 13.1 Å². The lowest BCUT2D eigenvalue weighted by Crippen LogP contribution is -2.39. The van der Waals surface area contributed by atoms with Crippen LogP contribution in [0.15, 0.2) is 6.20 Å². The van der Waals surface area contributed by atoms with Gasteiger partial charge >= 0.3 is 0 Å². The van der Waals surface area contributed by atoms with E-state index in [0.717, 1.165) is 13.1 Å². The van der Waals surface area contributed by atoms with Gasteiger partial charge in [-0.1, -0.05) is 11.6 Å². The van der Waals surface area contributed by atoms with Crippen LogP contribution in [0.4, 0.5) is 0 Å². The van der Waals surface area contributed by atoms with E-state index in [1.807, 2.05) is 11.8 Å². The van der Waals surface area contributed by atoms with Crippen molar-refractivity contribution in [1.29, 1.82) is 0 Å². The second-order valence-corrected chi connectivity index (χ2v) is 4.84. The molecule has 0 bridgehead atoms. The van der Waals surface area contributed by atoms with E-state index in [1.54, 1.807) is 10.9 Å². The number of carbonyl (C=O) groups excluding carboxylic acids is 1. The minimum atomic E-state index is 0.109. The lowest BCUT2D eigenvalue weighted by Gasteiger charge is -2.31. The SMILES string of the molecule is CCN(CC1CCC1)C(=O)Cn1cc(CN)nn1. The second kappa shape index (κ2) is 5.95. The first-order valence-corrected chi connectivity index (χ1v) is 6.59. The van der Waals surface area contributed by atoms with Crippen molar-refractivity contribution >= 4 is 5.91 Å². The molecule has 2 rings (SSSR count). The predicted octanol–water partition coefficient (Wildman–Crippen LogP) is 0.385. The first kappa shape index (κ1) is 13.0. The summed E-state index contributed by atoms with van der Waals surface area (Å²) in [4.78, 5) is 14.0. The van der Waals surface area contributed by atoms with Gasteiger partial charge in [-0.15, -0.1) is 5.10 Å². The molecule has 0 aromatic carbocycles. The highest BCUT2D eigenvalue weighted by atomic mass is 16.2. The van der Waals surface area contributed by atoms with Gasteiger partial charge in [-0.05, 0) is 25.7 Å². The average Bonchev–Trinajstić information content (AvgIpc) is 2.75. The summed E-state index contributed by atoms with van der Waals surface area (Å²) in [6.45, 7) is 4.27. The Hall–Kier alpha value is -1.43. The summed E-state index contributed by atoms with van der Waals surface area (Å²) >= 11 is 0. The van der Waals surface area contributed by atoms with Crippen LogP contribution in [0.25, 0.3) is 0 Å². The van der Waals surface area contributed by atoms with Crippen LogP contribution in [0, 0.1) is 5.92 Å². The molecule has 0 spiro atoms. The molecule has 0 unspecified atom stereocenters. The molecule has 100 valence electrons. The van der Waals surface area contributed by atoms with Crippen LogP contribution in [0.2, 0.25) is 0 Å². The molecule has 1 aliphatic carbocycles. The smallest absolute Gasteiger partial charge is 0.244 e. The standard InChI is InChI=1S/C12H21N5O/c1-2-16(7-10-4-3-5-10)12(18)9-17-8-11(6-13)14-15-17/h8,10H,2-7,9,13H2,1H3. The number of hydrogen-bond acceptors (Lipinski definition) is 4. The van der Waals surface area contributed by atoms with Crippen LogP contribution >= 0.6 is 0 Å². The summed E-state index contributed by atoms with van der Waals surface area (Å²) in [6.07, 6.45) is 5.54. The summed E-state index contributed by atoms with van der Waals surface area (Å²) in [7, 11) is 0. The quantitative estimate of drug-likeness (QED) is 0.793. The molecular formula is C12H21N5O. The van der Waals surface area contributed by atoms with Crippen LogP contribution in [0.5, 0.6) is 0 Å². The van der Waals surface area contributed by atoms with Gasteiger partial charge in [-0.25, -0.2) is 4.68 Å². The highest BCUT2D eigenvalue weighted by molar-refractivity contribution is 5.75. The van der Waals surface area contributed by atoms with E-state index in [9.17, 15) is 4.79 Å². The van der Waals surface area contributed by atoms with E-state index >= 15 is 0 Å². The molecule has 1 amide bonds. The van der Waals surface area contributed by atoms with Gasteiger partial charge in [-0.2, -0.15) is 0 Å². The molecule has 1 saturated carbocycles. The third-order valence-corrected chi connectivity index (χ3v) is 3.53. The molecule has 1 heterocycles. The molecule has 0 atom stereocenters. The summed E-state index contributed by atoms with van der Waals surface area (Å²) < 4.78 is 1.56. The lowest BCUT2D eigenvalue weighted by atomic mass is 9.85. The van der Waals surface area contributed by atoms with E-state index in [0.29, 0.717) is 18.2 Å². The van der Waals surface area contributed by atoms with Gasteiger partial charge < -0.3 is 10.6 Å². The lowest BCUT2D eigenvalue weighted by molar-refractivity contribution is -0.132. The average molecular weight is 251 g/mol. The molecule has 1 fully saturated rings. The predicted molar refractivity (Wildman–Crippen MR) is 67.5 cm³/mol. The number of rotatable bonds is 6. The molecule has 18 heavy (non-hydrogen) atoms. The zero-order chi connectivity index (χ0) is 13.0. The van der Waals surface area contributed by atoms with Gasteiger partial charge in [0.2, 0.25) is 5.91 Å². The molecule has 6 heteroatoms. The largest absolute Gasteiger partial charge is 0.341 e. The topological polar surface area (TPSA) is 77.0 Å². The number of carbonyl (C=O) groups is 1. The van der Waals surface area contributed by atoms with Crippen LogP contribution in [-0.4, -0.2) is 38.9 Å². The molecule has 6 nitrogen and oxygen atoms in total. The van der Waals surface area contributed by atoms with Crippen LogP contribution in [-0.2, 0) is 17.9 Å². The molecule has 0 aliphatic heterocycles. The van der Waals surface area contributed by atoms with Crippen molar-refractivity contribution in [1.82, 2.24) is 19.9 Å². The number of nitrogens with two attached hydrogens (primary N) is 1. The Bertz CT molecular complexity index is 399. The highest BCUT2D eigenvalue weighted by Gasteiger charge is 2.22. The monoisotopic (exact) mass is 251 g/mol. The first-order valence-electron chi connectivity index (χ1n) is 6.59. The Kier molecular flexibility index (Phi) is 4.30. The van der Waals surface area contributed by atoms with Crippen molar-refractivity contribution in [3.8, 4) is 0 Å². The number of amides is 1. The van der Waals surface area contributed by atoms with Gasteiger partial charge in [0.05, 0.1) is 11.9 Å². The maximum Gasteiger partial charge on any atom is 0.244 e. The van der Waals surface area contributed by atoms with Gasteiger partial charge in [-0.3, -0.25) is 4.79 Å². The minimum absolute atomic E-state index is 0.109. The van der Waals surface area contributed by atoms with Crippen molar-refractivity contribution in [3.63, 3.8) is 0 Å².